The molecule has 1 fully saturated rings. The molecule has 1 atom stereocenters. The quantitative estimate of drug-likeness (QED) is 0.678. The second-order valence-electron chi connectivity index (χ2n) is 4.96. The van der Waals surface area contributed by atoms with Crippen molar-refractivity contribution >= 4 is 17.7 Å². The van der Waals surface area contributed by atoms with Gasteiger partial charge in [-0.15, -0.1) is 0 Å². The Kier molecular flexibility index (Phi) is 5.76. The molecule has 5 nitrogen and oxygen atoms in total. The highest BCUT2D eigenvalue weighted by Gasteiger charge is 2.21. The van der Waals surface area contributed by atoms with Crippen LogP contribution in [-0.2, 0) is 13.6 Å². The minimum Gasteiger partial charge on any atom is -0.357 e. The topological polar surface area (TPSA) is 45.5 Å². The van der Waals surface area contributed by atoms with Crippen molar-refractivity contribution in [3.8, 4) is 0 Å². The fourth-order valence-corrected chi connectivity index (χ4v) is 3.48. The first-order chi connectivity index (χ1) is 9.74. The van der Waals surface area contributed by atoms with Crippen LogP contribution in [0.1, 0.15) is 26.0 Å². The van der Waals surface area contributed by atoms with Crippen LogP contribution in [-0.4, -0.2) is 51.3 Å². The van der Waals surface area contributed by atoms with Crippen molar-refractivity contribution in [3.63, 3.8) is 0 Å². The largest absolute Gasteiger partial charge is 0.357 e. The monoisotopic (exact) mass is 295 g/mol. The van der Waals surface area contributed by atoms with Gasteiger partial charge in [-0.2, -0.15) is 16.9 Å². The zero-order chi connectivity index (χ0) is 14.4. The number of rotatable bonds is 4. The number of hydrogen-bond acceptors (Lipinski definition) is 3. The summed E-state index contributed by atoms with van der Waals surface area (Å²) < 4.78 is 1.88. The van der Waals surface area contributed by atoms with Crippen molar-refractivity contribution in [2.24, 2.45) is 12.0 Å². The fourth-order valence-electron chi connectivity index (χ4n) is 2.30. The van der Waals surface area contributed by atoms with E-state index in [1.807, 2.05) is 24.0 Å². The summed E-state index contributed by atoms with van der Waals surface area (Å²) in [5, 5.41) is 8.33. The molecule has 2 rings (SSSR count). The van der Waals surface area contributed by atoms with Gasteiger partial charge in [-0.3, -0.25) is 4.68 Å². The highest BCUT2D eigenvalue weighted by Crippen LogP contribution is 2.21. The van der Waals surface area contributed by atoms with Gasteiger partial charge in [0.05, 0.1) is 12.2 Å². The zero-order valence-electron chi connectivity index (χ0n) is 12.7. The Morgan fingerprint density at radius 2 is 2.40 bits per heavy atom. The highest BCUT2D eigenvalue weighted by atomic mass is 32.2. The summed E-state index contributed by atoms with van der Waals surface area (Å²) in [6.45, 7) is 8.15. The van der Waals surface area contributed by atoms with Crippen LogP contribution < -0.4 is 5.32 Å². The van der Waals surface area contributed by atoms with Gasteiger partial charge in [0.2, 0.25) is 0 Å². The second kappa shape index (κ2) is 7.57. The summed E-state index contributed by atoms with van der Waals surface area (Å²) in [5.41, 5.74) is 1.14. The molecular weight excluding hydrogens is 270 g/mol. The summed E-state index contributed by atoms with van der Waals surface area (Å²) in [6, 6.07) is 2.02. The van der Waals surface area contributed by atoms with E-state index in [-0.39, 0.29) is 0 Å². The highest BCUT2D eigenvalue weighted by molar-refractivity contribution is 8.00. The number of thioether (sulfide) groups is 1. The minimum absolute atomic E-state index is 0.680. The van der Waals surface area contributed by atoms with Crippen LogP contribution in [0.15, 0.2) is 17.3 Å². The summed E-state index contributed by atoms with van der Waals surface area (Å²) >= 11 is 2.08. The number of aryl methyl sites for hydroxylation is 1. The van der Waals surface area contributed by atoms with Gasteiger partial charge in [0, 0.05) is 43.9 Å². The zero-order valence-corrected chi connectivity index (χ0v) is 13.5. The number of nitrogens with zero attached hydrogens (tertiary/aromatic N) is 4. The number of aliphatic imine (C=N–C) groups is 1. The summed E-state index contributed by atoms with van der Waals surface area (Å²) in [7, 11) is 1.96. The number of guanidine groups is 1. The first-order valence-corrected chi connectivity index (χ1v) is 8.41. The molecular formula is C14H25N5S. The normalized spacial score (nSPS) is 20.2. The van der Waals surface area contributed by atoms with E-state index in [2.05, 4.69) is 40.9 Å². The summed E-state index contributed by atoms with van der Waals surface area (Å²) in [5.74, 6) is 2.22. The van der Waals surface area contributed by atoms with Crippen molar-refractivity contribution in [2.45, 2.75) is 32.1 Å². The average molecular weight is 295 g/mol. The number of hydrogen-bond donors (Lipinski definition) is 1. The van der Waals surface area contributed by atoms with Crippen LogP contribution >= 0.6 is 11.8 Å². The van der Waals surface area contributed by atoms with Crippen molar-refractivity contribution in [3.05, 3.63) is 18.0 Å². The Bertz CT molecular complexity index is 443. The van der Waals surface area contributed by atoms with E-state index in [1.54, 1.807) is 0 Å². The van der Waals surface area contributed by atoms with Gasteiger partial charge >= 0.3 is 0 Å². The predicted octanol–water partition coefficient (Wildman–Crippen LogP) is 1.71. The molecule has 1 unspecified atom stereocenters. The molecule has 6 heteroatoms. The Morgan fingerprint density at radius 1 is 1.55 bits per heavy atom. The van der Waals surface area contributed by atoms with Crippen molar-refractivity contribution in [2.75, 3.05) is 25.4 Å². The van der Waals surface area contributed by atoms with Crippen molar-refractivity contribution < 1.29 is 0 Å². The van der Waals surface area contributed by atoms with E-state index < -0.39 is 0 Å². The molecule has 1 saturated heterocycles. The first kappa shape index (κ1) is 15.2. The molecule has 1 aliphatic heterocycles. The first-order valence-electron chi connectivity index (χ1n) is 7.36. The molecule has 112 valence electrons. The molecule has 1 aromatic rings. The maximum Gasteiger partial charge on any atom is 0.194 e. The minimum atomic E-state index is 0.680. The second-order valence-corrected chi connectivity index (χ2v) is 6.37. The SMILES string of the molecule is CCNC(=NCc1ccnn1C)N1CCSC(CC)C1. The lowest BCUT2D eigenvalue weighted by Gasteiger charge is -2.34. The molecule has 1 aliphatic rings. The van der Waals surface area contributed by atoms with Gasteiger partial charge in [0.15, 0.2) is 5.96 Å². The molecule has 1 N–H and O–H groups in total. The molecule has 0 aliphatic carbocycles. The van der Waals surface area contributed by atoms with Gasteiger partial charge in [-0.05, 0) is 19.4 Å². The lowest BCUT2D eigenvalue weighted by Crippen LogP contribution is -2.48. The maximum absolute atomic E-state index is 4.77. The molecule has 0 radical (unpaired) electrons. The van der Waals surface area contributed by atoms with Gasteiger partial charge in [0.1, 0.15) is 0 Å². The molecule has 1 aromatic heterocycles. The summed E-state index contributed by atoms with van der Waals surface area (Å²) in [6.07, 6.45) is 3.05. The van der Waals surface area contributed by atoms with E-state index in [0.29, 0.717) is 6.54 Å². The lowest BCUT2D eigenvalue weighted by molar-refractivity contribution is 0.408. The van der Waals surface area contributed by atoms with Gasteiger partial charge in [-0.1, -0.05) is 6.92 Å². The third-order valence-corrected chi connectivity index (χ3v) is 4.91. The summed E-state index contributed by atoms with van der Waals surface area (Å²) in [4.78, 5) is 7.16. The van der Waals surface area contributed by atoms with E-state index in [0.717, 1.165) is 36.5 Å². The van der Waals surface area contributed by atoms with Gasteiger partial charge < -0.3 is 10.2 Å². The Balaban J connectivity index is 2.03. The Labute approximate surface area is 125 Å². The van der Waals surface area contributed by atoms with E-state index >= 15 is 0 Å². The third kappa shape index (κ3) is 3.91. The average Bonchev–Trinajstić information content (AvgIpc) is 2.89. The van der Waals surface area contributed by atoms with Crippen LogP contribution in [0.5, 0.6) is 0 Å². The lowest BCUT2D eigenvalue weighted by atomic mass is 10.3. The van der Waals surface area contributed by atoms with E-state index in [4.69, 9.17) is 4.99 Å². The van der Waals surface area contributed by atoms with Crippen LogP contribution in [0, 0.1) is 0 Å². The van der Waals surface area contributed by atoms with Gasteiger partial charge in [-0.25, -0.2) is 4.99 Å². The standard InChI is InChI=1S/C14H25N5S/c1-4-13-11-19(8-9-20-13)14(15-5-2)16-10-12-6-7-17-18(12)3/h6-7,13H,4-5,8-11H2,1-3H3,(H,15,16). The molecule has 20 heavy (non-hydrogen) atoms. The van der Waals surface area contributed by atoms with Crippen LogP contribution in [0.2, 0.25) is 0 Å². The smallest absolute Gasteiger partial charge is 0.194 e. The van der Waals surface area contributed by atoms with Crippen molar-refractivity contribution in [1.29, 1.82) is 0 Å². The fraction of sp³-hybridized carbons (Fsp3) is 0.714. The number of aromatic nitrogens is 2. The third-order valence-electron chi connectivity index (χ3n) is 3.54. The van der Waals surface area contributed by atoms with Crippen molar-refractivity contribution in [1.82, 2.24) is 20.0 Å². The molecule has 2 heterocycles. The Morgan fingerprint density at radius 3 is 3.05 bits per heavy atom. The molecule has 0 aromatic carbocycles. The van der Waals surface area contributed by atoms with E-state index in [9.17, 15) is 0 Å². The predicted molar refractivity (Wildman–Crippen MR) is 86.1 cm³/mol. The molecule has 0 amide bonds. The van der Waals surface area contributed by atoms with E-state index in [1.165, 1.54) is 12.2 Å². The molecule has 0 spiro atoms. The van der Waals surface area contributed by atoms with Crippen LogP contribution in [0.25, 0.3) is 0 Å². The van der Waals surface area contributed by atoms with Crippen LogP contribution in [0.4, 0.5) is 0 Å². The molecule has 0 bridgehead atoms. The Hall–Kier alpha value is -1.17. The van der Waals surface area contributed by atoms with Crippen LogP contribution in [0.3, 0.4) is 0 Å². The maximum atomic E-state index is 4.77. The molecule has 0 saturated carbocycles. The van der Waals surface area contributed by atoms with Gasteiger partial charge in [0.25, 0.3) is 0 Å². The number of nitrogens with one attached hydrogen (secondary N) is 1.